The molecule has 2 aliphatic rings. The molecule has 0 unspecified atom stereocenters. The van der Waals surface area contributed by atoms with Crippen molar-refractivity contribution >= 4 is 34.9 Å². The van der Waals surface area contributed by atoms with E-state index in [1.807, 2.05) is 23.1 Å². The Bertz CT molecular complexity index is 871. The number of amides is 2. The average molecular weight is 389 g/mol. The maximum Gasteiger partial charge on any atom is 0.251 e. The topological polar surface area (TPSA) is 56.8 Å². The number of nitrogens with zero attached hydrogens (tertiary/aromatic N) is 4. The lowest BCUT2D eigenvalue weighted by molar-refractivity contribution is -0.123. The summed E-state index contributed by atoms with van der Waals surface area (Å²) in [4.78, 5) is 35.0. The van der Waals surface area contributed by atoms with Crippen LogP contribution in [0.2, 0.25) is 5.02 Å². The molecule has 8 heteroatoms. The number of imide groups is 1. The number of carbonyl (C=O) groups excluding carboxylic acids is 2. The highest BCUT2D eigenvalue weighted by Crippen LogP contribution is 2.29. The lowest BCUT2D eigenvalue weighted by Gasteiger charge is -2.37. The monoisotopic (exact) mass is 388 g/mol. The number of hydrogen-bond donors (Lipinski definition) is 0. The fraction of sp³-hybridized carbons (Fsp3) is 0.316. The van der Waals surface area contributed by atoms with Crippen LogP contribution >= 0.6 is 11.6 Å². The summed E-state index contributed by atoms with van der Waals surface area (Å²) in [6.45, 7) is 2.80. The van der Waals surface area contributed by atoms with Gasteiger partial charge in [0.05, 0.1) is 23.2 Å². The van der Waals surface area contributed by atoms with Crippen LogP contribution in [-0.4, -0.2) is 53.9 Å². The van der Waals surface area contributed by atoms with Crippen molar-refractivity contribution in [3.05, 3.63) is 53.4 Å². The quantitative estimate of drug-likeness (QED) is 0.755. The highest BCUT2D eigenvalue weighted by atomic mass is 35.5. The summed E-state index contributed by atoms with van der Waals surface area (Å²) in [5.74, 6) is -0.246. The van der Waals surface area contributed by atoms with Crippen LogP contribution in [0.3, 0.4) is 0 Å². The van der Waals surface area contributed by atoms with Crippen LogP contribution in [-0.2, 0) is 9.59 Å². The van der Waals surface area contributed by atoms with Gasteiger partial charge >= 0.3 is 0 Å². The van der Waals surface area contributed by atoms with Crippen molar-refractivity contribution in [2.45, 2.75) is 12.5 Å². The Balaban J connectivity index is 1.45. The van der Waals surface area contributed by atoms with Gasteiger partial charge in [0.15, 0.2) is 0 Å². The first-order valence-corrected chi connectivity index (χ1v) is 9.14. The van der Waals surface area contributed by atoms with Gasteiger partial charge in [0, 0.05) is 32.4 Å². The minimum atomic E-state index is -0.582. The molecule has 0 radical (unpaired) electrons. The van der Waals surface area contributed by atoms with Crippen molar-refractivity contribution in [2.24, 2.45) is 0 Å². The van der Waals surface area contributed by atoms with Crippen molar-refractivity contribution in [1.82, 2.24) is 9.88 Å². The standard InChI is InChI=1S/C19H18ClFN4O2/c20-14-11-13(4-5-15(14)21)25-18(26)12-16(19(25)27)23-7-9-24(10-8-23)17-3-1-2-6-22-17/h1-6,11,16H,7-10,12H2/t16-/m0/s1. The van der Waals surface area contributed by atoms with Crippen LogP contribution in [0, 0.1) is 5.82 Å². The fourth-order valence-corrected chi connectivity index (χ4v) is 3.77. The van der Waals surface area contributed by atoms with Gasteiger partial charge in [-0.1, -0.05) is 17.7 Å². The van der Waals surface area contributed by atoms with Crippen LogP contribution in [0.1, 0.15) is 6.42 Å². The molecule has 0 N–H and O–H groups in total. The molecule has 2 aliphatic heterocycles. The molecule has 4 rings (SSSR count). The summed E-state index contributed by atoms with van der Waals surface area (Å²) in [6, 6.07) is 9.16. The van der Waals surface area contributed by atoms with Gasteiger partial charge in [-0.3, -0.25) is 14.5 Å². The minimum absolute atomic E-state index is 0.111. The van der Waals surface area contributed by atoms with E-state index in [2.05, 4.69) is 9.88 Å². The van der Waals surface area contributed by atoms with E-state index in [9.17, 15) is 14.0 Å². The predicted octanol–water partition coefficient (Wildman–Crippen LogP) is 2.33. The maximum atomic E-state index is 13.4. The molecule has 3 heterocycles. The second kappa shape index (κ2) is 7.25. The van der Waals surface area contributed by atoms with Crippen molar-refractivity contribution in [1.29, 1.82) is 0 Å². The summed E-state index contributed by atoms with van der Waals surface area (Å²) in [5.41, 5.74) is 0.311. The largest absolute Gasteiger partial charge is 0.354 e. The number of piperazine rings is 1. The number of pyridine rings is 1. The van der Waals surface area contributed by atoms with Gasteiger partial charge in [-0.05, 0) is 30.3 Å². The molecule has 1 atom stereocenters. The van der Waals surface area contributed by atoms with Crippen LogP contribution in [0.25, 0.3) is 0 Å². The first-order valence-electron chi connectivity index (χ1n) is 8.76. The van der Waals surface area contributed by atoms with Gasteiger partial charge in [0.1, 0.15) is 11.6 Å². The fourth-order valence-electron chi connectivity index (χ4n) is 3.60. The number of benzene rings is 1. The SMILES string of the molecule is O=C1C[C@H](N2CCN(c3ccccn3)CC2)C(=O)N1c1ccc(F)c(Cl)c1. The van der Waals surface area contributed by atoms with E-state index < -0.39 is 11.9 Å². The second-order valence-corrected chi connectivity index (χ2v) is 7.00. The Morgan fingerprint density at radius 2 is 1.85 bits per heavy atom. The molecular formula is C19H18ClFN4O2. The normalized spacial score (nSPS) is 21.2. The number of carbonyl (C=O) groups is 2. The molecule has 140 valence electrons. The average Bonchev–Trinajstić information content (AvgIpc) is 2.99. The van der Waals surface area contributed by atoms with Gasteiger partial charge in [-0.2, -0.15) is 0 Å². The zero-order chi connectivity index (χ0) is 19.0. The van der Waals surface area contributed by atoms with Crippen molar-refractivity contribution in [2.75, 3.05) is 36.0 Å². The molecule has 6 nitrogen and oxygen atoms in total. The van der Waals surface area contributed by atoms with Crippen molar-refractivity contribution < 1.29 is 14.0 Å². The number of anilines is 2. The first-order chi connectivity index (χ1) is 13.0. The molecule has 2 fully saturated rings. The molecule has 0 spiro atoms. The van der Waals surface area contributed by atoms with Crippen LogP contribution in [0.5, 0.6) is 0 Å². The van der Waals surface area contributed by atoms with E-state index in [1.54, 1.807) is 6.20 Å². The van der Waals surface area contributed by atoms with Crippen molar-refractivity contribution in [3.63, 3.8) is 0 Å². The Morgan fingerprint density at radius 3 is 2.52 bits per heavy atom. The third-order valence-corrected chi connectivity index (χ3v) is 5.30. The van der Waals surface area contributed by atoms with Crippen LogP contribution in [0.4, 0.5) is 15.9 Å². The Kier molecular flexibility index (Phi) is 4.80. The summed E-state index contributed by atoms with van der Waals surface area (Å²) in [5, 5.41) is -0.111. The molecule has 0 bridgehead atoms. The number of hydrogen-bond acceptors (Lipinski definition) is 5. The van der Waals surface area contributed by atoms with Crippen LogP contribution < -0.4 is 9.80 Å². The van der Waals surface area contributed by atoms with E-state index in [1.165, 1.54) is 12.1 Å². The number of halogens is 2. The molecule has 1 aromatic heterocycles. The lowest BCUT2D eigenvalue weighted by Crippen LogP contribution is -2.52. The van der Waals surface area contributed by atoms with E-state index in [4.69, 9.17) is 11.6 Å². The Labute approximate surface area is 161 Å². The first kappa shape index (κ1) is 17.9. The molecular weight excluding hydrogens is 371 g/mol. The number of rotatable bonds is 3. The highest BCUT2D eigenvalue weighted by Gasteiger charge is 2.43. The highest BCUT2D eigenvalue weighted by molar-refractivity contribution is 6.31. The lowest BCUT2D eigenvalue weighted by atomic mass is 10.1. The Morgan fingerprint density at radius 1 is 1.07 bits per heavy atom. The summed E-state index contributed by atoms with van der Waals surface area (Å²) < 4.78 is 13.4. The van der Waals surface area contributed by atoms with Gasteiger partial charge in [0.25, 0.3) is 5.91 Å². The van der Waals surface area contributed by atoms with Gasteiger partial charge in [0.2, 0.25) is 5.91 Å². The Hall–Kier alpha value is -2.51. The zero-order valence-corrected chi connectivity index (χ0v) is 15.3. The number of aromatic nitrogens is 1. The summed E-state index contributed by atoms with van der Waals surface area (Å²) in [7, 11) is 0. The van der Waals surface area contributed by atoms with Crippen LogP contribution in [0.15, 0.2) is 42.6 Å². The molecule has 2 aromatic rings. The van der Waals surface area contributed by atoms with E-state index in [0.717, 1.165) is 29.9 Å². The minimum Gasteiger partial charge on any atom is -0.354 e. The molecule has 1 aromatic carbocycles. The van der Waals surface area contributed by atoms with Gasteiger partial charge < -0.3 is 4.90 Å². The van der Waals surface area contributed by atoms with Crippen molar-refractivity contribution in [3.8, 4) is 0 Å². The summed E-state index contributed by atoms with van der Waals surface area (Å²) >= 11 is 5.80. The van der Waals surface area contributed by atoms with E-state index >= 15 is 0 Å². The maximum absolute atomic E-state index is 13.4. The third kappa shape index (κ3) is 3.40. The molecule has 27 heavy (non-hydrogen) atoms. The molecule has 0 aliphatic carbocycles. The molecule has 2 saturated heterocycles. The van der Waals surface area contributed by atoms with Gasteiger partial charge in [-0.25, -0.2) is 14.3 Å². The molecule has 2 amide bonds. The van der Waals surface area contributed by atoms with Gasteiger partial charge in [-0.15, -0.1) is 0 Å². The van der Waals surface area contributed by atoms with E-state index in [0.29, 0.717) is 18.8 Å². The third-order valence-electron chi connectivity index (χ3n) is 5.01. The van der Waals surface area contributed by atoms with E-state index in [-0.39, 0.29) is 23.3 Å². The smallest absolute Gasteiger partial charge is 0.251 e. The molecule has 0 saturated carbocycles. The predicted molar refractivity (Wildman–Crippen MR) is 100 cm³/mol. The zero-order valence-electron chi connectivity index (χ0n) is 14.5. The second-order valence-electron chi connectivity index (χ2n) is 6.60. The summed E-state index contributed by atoms with van der Waals surface area (Å²) in [6.07, 6.45) is 1.88.